The Kier molecular flexibility index (Phi) is 12.1. The number of imidazole rings is 1. The van der Waals surface area contributed by atoms with Crippen molar-refractivity contribution in [1.29, 1.82) is 0 Å². The molecular formula is C14H26BF4N2-. The SMILES string of the molecule is CCCCCCCCCCCn1ccnc1.F[B-](F)(F)F. The molecule has 1 rings (SSSR count). The molecule has 1 aromatic heterocycles. The second kappa shape index (κ2) is 12.7. The zero-order valence-corrected chi connectivity index (χ0v) is 12.8. The van der Waals surface area contributed by atoms with Gasteiger partial charge in [0.25, 0.3) is 0 Å². The van der Waals surface area contributed by atoms with E-state index in [9.17, 15) is 17.3 Å². The minimum atomic E-state index is -6.00. The summed E-state index contributed by atoms with van der Waals surface area (Å²) in [7, 11) is -6.00. The largest absolute Gasteiger partial charge is 0.673 e. The van der Waals surface area contributed by atoms with Crippen molar-refractivity contribution < 1.29 is 17.3 Å². The molecule has 0 aliphatic rings. The number of hydrogen-bond acceptors (Lipinski definition) is 1. The van der Waals surface area contributed by atoms with Gasteiger partial charge in [0.1, 0.15) is 0 Å². The molecule has 124 valence electrons. The molecular weight excluding hydrogens is 283 g/mol. The average molecular weight is 309 g/mol. The standard InChI is InChI=1S/C14H26N2.BF4/c1-2-3-4-5-6-7-8-9-10-12-16-13-11-15-14-16;2-1(3,4)5/h11,13-14H,2-10,12H2,1H3;/q;-1. The van der Waals surface area contributed by atoms with Crippen LogP contribution in [0.4, 0.5) is 17.3 Å². The van der Waals surface area contributed by atoms with E-state index in [1.807, 2.05) is 18.7 Å². The van der Waals surface area contributed by atoms with E-state index in [1.54, 1.807) is 0 Å². The molecule has 0 aliphatic heterocycles. The first-order valence-electron chi connectivity index (χ1n) is 7.76. The fourth-order valence-electron chi connectivity index (χ4n) is 2.02. The summed E-state index contributed by atoms with van der Waals surface area (Å²) in [5.74, 6) is 0. The first-order chi connectivity index (χ1) is 9.93. The quantitative estimate of drug-likeness (QED) is 0.307. The third-order valence-electron chi connectivity index (χ3n) is 3.08. The van der Waals surface area contributed by atoms with E-state index in [0.29, 0.717) is 0 Å². The maximum Gasteiger partial charge on any atom is 0.673 e. The summed E-state index contributed by atoms with van der Waals surface area (Å²) in [5.41, 5.74) is 0. The molecule has 0 saturated heterocycles. The molecule has 0 saturated carbocycles. The molecule has 0 atom stereocenters. The highest BCUT2D eigenvalue weighted by Crippen LogP contribution is 2.10. The third-order valence-corrected chi connectivity index (χ3v) is 3.08. The lowest BCUT2D eigenvalue weighted by Gasteiger charge is -2.02. The molecule has 0 unspecified atom stereocenters. The molecule has 0 amide bonds. The van der Waals surface area contributed by atoms with Gasteiger partial charge in [-0.25, -0.2) is 4.98 Å². The van der Waals surface area contributed by atoms with E-state index < -0.39 is 7.25 Å². The molecule has 0 N–H and O–H groups in total. The van der Waals surface area contributed by atoms with E-state index in [1.165, 1.54) is 57.8 Å². The highest BCUT2D eigenvalue weighted by molar-refractivity contribution is 6.50. The first-order valence-corrected chi connectivity index (χ1v) is 7.76. The number of halogens is 4. The van der Waals surface area contributed by atoms with Crippen molar-refractivity contribution in [2.75, 3.05) is 0 Å². The molecule has 2 nitrogen and oxygen atoms in total. The van der Waals surface area contributed by atoms with Gasteiger partial charge in [-0.15, -0.1) is 0 Å². The summed E-state index contributed by atoms with van der Waals surface area (Å²) >= 11 is 0. The van der Waals surface area contributed by atoms with Gasteiger partial charge >= 0.3 is 7.25 Å². The Hall–Kier alpha value is -1.01. The molecule has 0 aliphatic carbocycles. The smallest absolute Gasteiger partial charge is 0.418 e. The monoisotopic (exact) mass is 309 g/mol. The Morgan fingerprint density at radius 3 is 1.76 bits per heavy atom. The number of aryl methyl sites for hydroxylation is 1. The normalized spacial score (nSPS) is 11.1. The molecule has 21 heavy (non-hydrogen) atoms. The predicted molar refractivity (Wildman–Crippen MR) is 79.6 cm³/mol. The Balaban J connectivity index is 0.000000690. The topological polar surface area (TPSA) is 17.8 Å². The van der Waals surface area contributed by atoms with E-state index in [0.717, 1.165) is 6.54 Å². The summed E-state index contributed by atoms with van der Waals surface area (Å²) in [6.45, 7) is 3.41. The van der Waals surface area contributed by atoms with Crippen LogP contribution in [-0.4, -0.2) is 16.8 Å². The van der Waals surface area contributed by atoms with Gasteiger partial charge in [0.15, 0.2) is 0 Å². The Morgan fingerprint density at radius 2 is 1.33 bits per heavy atom. The lowest BCUT2D eigenvalue weighted by atomic mass is 10.1. The van der Waals surface area contributed by atoms with E-state index in [4.69, 9.17) is 0 Å². The van der Waals surface area contributed by atoms with Gasteiger partial charge in [-0.3, -0.25) is 0 Å². The van der Waals surface area contributed by atoms with Gasteiger partial charge in [-0.2, -0.15) is 0 Å². The maximum absolute atomic E-state index is 9.75. The fourth-order valence-corrected chi connectivity index (χ4v) is 2.02. The van der Waals surface area contributed by atoms with Crippen molar-refractivity contribution in [3.8, 4) is 0 Å². The summed E-state index contributed by atoms with van der Waals surface area (Å²) in [6.07, 6.45) is 18.4. The summed E-state index contributed by atoms with van der Waals surface area (Å²) in [4.78, 5) is 4.04. The van der Waals surface area contributed by atoms with Crippen LogP contribution in [0.15, 0.2) is 18.7 Å². The van der Waals surface area contributed by atoms with Crippen molar-refractivity contribution in [3.05, 3.63) is 18.7 Å². The van der Waals surface area contributed by atoms with Gasteiger partial charge in [-0.05, 0) is 6.42 Å². The molecule has 7 heteroatoms. The average Bonchev–Trinajstić information content (AvgIpc) is 2.88. The van der Waals surface area contributed by atoms with Crippen LogP contribution in [0.3, 0.4) is 0 Å². The van der Waals surface area contributed by atoms with Crippen LogP contribution in [0, 0.1) is 0 Å². The zero-order chi connectivity index (χ0) is 16.0. The molecule has 1 aromatic rings. The van der Waals surface area contributed by atoms with Crippen LogP contribution in [0.25, 0.3) is 0 Å². The second-order valence-electron chi connectivity index (χ2n) is 5.12. The highest BCUT2D eigenvalue weighted by Gasteiger charge is 2.20. The number of nitrogens with zero attached hydrogens (tertiary/aromatic N) is 2. The number of unbranched alkanes of at least 4 members (excludes halogenated alkanes) is 8. The summed E-state index contributed by atoms with van der Waals surface area (Å²) < 4.78 is 41.2. The van der Waals surface area contributed by atoms with Gasteiger partial charge in [0, 0.05) is 18.9 Å². The molecule has 0 fully saturated rings. The predicted octanol–water partition coefficient (Wildman–Crippen LogP) is 5.71. The van der Waals surface area contributed by atoms with Crippen LogP contribution in [0.1, 0.15) is 64.7 Å². The van der Waals surface area contributed by atoms with Crippen LogP contribution in [-0.2, 0) is 6.54 Å². The van der Waals surface area contributed by atoms with Crippen molar-refractivity contribution in [3.63, 3.8) is 0 Å². The highest BCUT2D eigenvalue weighted by atomic mass is 19.5. The fraction of sp³-hybridized carbons (Fsp3) is 0.786. The zero-order valence-electron chi connectivity index (χ0n) is 12.8. The van der Waals surface area contributed by atoms with Gasteiger partial charge < -0.3 is 21.8 Å². The van der Waals surface area contributed by atoms with Crippen LogP contribution in [0.5, 0.6) is 0 Å². The summed E-state index contributed by atoms with van der Waals surface area (Å²) in [6, 6.07) is 0. The Labute approximate surface area is 125 Å². The van der Waals surface area contributed by atoms with Gasteiger partial charge in [0.2, 0.25) is 0 Å². The van der Waals surface area contributed by atoms with E-state index >= 15 is 0 Å². The summed E-state index contributed by atoms with van der Waals surface area (Å²) in [5, 5.41) is 0. The van der Waals surface area contributed by atoms with Crippen LogP contribution in [0.2, 0.25) is 0 Å². The van der Waals surface area contributed by atoms with Crippen LogP contribution < -0.4 is 0 Å². The molecule has 1 heterocycles. The van der Waals surface area contributed by atoms with Gasteiger partial charge in [0.05, 0.1) is 6.33 Å². The van der Waals surface area contributed by atoms with E-state index in [2.05, 4.69) is 16.5 Å². The molecule has 0 aromatic carbocycles. The second-order valence-corrected chi connectivity index (χ2v) is 5.12. The number of rotatable bonds is 10. The number of aromatic nitrogens is 2. The van der Waals surface area contributed by atoms with Crippen molar-refractivity contribution in [2.45, 2.75) is 71.3 Å². The van der Waals surface area contributed by atoms with Crippen molar-refractivity contribution in [2.24, 2.45) is 0 Å². The van der Waals surface area contributed by atoms with Gasteiger partial charge in [-0.1, -0.05) is 58.3 Å². The minimum Gasteiger partial charge on any atom is -0.418 e. The van der Waals surface area contributed by atoms with Crippen LogP contribution >= 0.6 is 0 Å². The minimum absolute atomic E-state index is 1.13. The van der Waals surface area contributed by atoms with Crippen molar-refractivity contribution in [1.82, 2.24) is 9.55 Å². The maximum atomic E-state index is 9.75. The number of hydrogen-bond donors (Lipinski definition) is 0. The molecule has 0 bridgehead atoms. The lowest BCUT2D eigenvalue weighted by Crippen LogP contribution is -2.02. The lowest BCUT2D eigenvalue weighted by molar-refractivity contribution is 0.368. The van der Waals surface area contributed by atoms with Crippen molar-refractivity contribution >= 4 is 7.25 Å². The molecule has 0 spiro atoms. The Morgan fingerprint density at radius 1 is 0.857 bits per heavy atom. The first kappa shape index (κ1) is 20.0. The van der Waals surface area contributed by atoms with E-state index in [-0.39, 0.29) is 0 Å². The molecule has 0 radical (unpaired) electrons. The Bertz CT molecular complexity index is 309. The third kappa shape index (κ3) is 19.0.